The zero-order valence-electron chi connectivity index (χ0n) is 8.70. The highest BCUT2D eigenvalue weighted by Crippen LogP contribution is 2.16. The highest BCUT2D eigenvalue weighted by atomic mass is 32.1. The van der Waals surface area contributed by atoms with Crippen LogP contribution in [0.15, 0.2) is 12.4 Å². The van der Waals surface area contributed by atoms with Crippen molar-refractivity contribution in [2.75, 3.05) is 24.7 Å². The largest absolute Gasteiger partial charge is 0.389 e. The smallest absolute Gasteiger partial charge is 0.224 e. The lowest BCUT2D eigenvalue weighted by Gasteiger charge is -2.16. The molecule has 1 aromatic heterocycles. The molecule has 0 aliphatic rings. The molecule has 2 atom stereocenters. The third-order valence-electron chi connectivity index (χ3n) is 1.95. The molecular weight excluding hydrogens is 214 g/mol. The van der Waals surface area contributed by atoms with Crippen LogP contribution in [0.1, 0.15) is 11.7 Å². The highest BCUT2D eigenvalue weighted by molar-refractivity contribution is 7.80. The van der Waals surface area contributed by atoms with Gasteiger partial charge in [-0.1, -0.05) is 0 Å². The van der Waals surface area contributed by atoms with Crippen molar-refractivity contribution in [1.29, 1.82) is 0 Å². The fourth-order valence-electron chi connectivity index (χ4n) is 1.04. The van der Waals surface area contributed by atoms with Gasteiger partial charge in [0.2, 0.25) is 5.95 Å². The van der Waals surface area contributed by atoms with Gasteiger partial charge in [0, 0.05) is 37.8 Å². The molecule has 0 aromatic carbocycles. The Hall–Kier alpha value is -0.850. The normalized spacial score (nSPS) is 14.7. The molecule has 0 saturated heterocycles. The Morgan fingerprint density at radius 2 is 1.87 bits per heavy atom. The molecular formula is C9H15N3O2S. The lowest BCUT2D eigenvalue weighted by Crippen LogP contribution is -2.20. The molecule has 15 heavy (non-hydrogen) atoms. The molecule has 0 aliphatic carbocycles. The number of aliphatic hydroxyl groups excluding tert-OH is 2. The first-order valence-corrected chi connectivity index (χ1v) is 5.15. The molecule has 6 heteroatoms. The zero-order valence-corrected chi connectivity index (χ0v) is 9.59. The van der Waals surface area contributed by atoms with Gasteiger partial charge in [-0.25, -0.2) is 9.97 Å². The standard InChI is InChI=1S/C9H15N3O2S/c1-12(2)9-10-3-6(4-11-9)8(14)7(13)5-15/h3-4,7-8,13-15H,5H2,1-2H3. The number of aliphatic hydroxyl groups is 2. The molecule has 2 unspecified atom stereocenters. The van der Waals surface area contributed by atoms with E-state index in [0.717, 1.165) is 0 Å². The molecule has 0 fully saturated rings. The predicted octanol–water partition coefficient (Wildman–Crippen LogP) is -0.133. The van der Waals surface area contributed by atoms with Gasteiger partial charge in [0.25, 0.3) is 0 Å². The Labute approximate surface area is 94.2 Å². The molecule has 0 amide bonds. The third kappa shape index (κ3) is 3.05. The predicted molar refractivity (Wildman–Crippen MR) is 61.2 cm³/mol. The SMILES string of the molecule is CN(C)c1ncc(C(O)C(O)CS)cn1. The summed E-state index contributed by atoms with van der Waals surface area (Å²) in [5.41, 5.74) is 0.488. The monoisotopic (exact) mass is 229 g/mol. The number of thiol groups is 1. The van der Waals surface area contributed by atoms with Crippen molar-refractivity contribution in [3.05, 3.63) is 18.0 Å². The first-order valence-electron chi connectivity index (χ1n) is 4.52. The van der Waals surface area contributed by atoms with Crippen LogP contribution < -0.4 is 4.90 Å². The zero-order chi connectivity index (χ0) is 11.4. The van der Waals surface area contributed by atoms with Crippen LogP contribution in [-0.2, 0) is 0 Å². The third-order valence-corrected chi connectivity index (χ3v) is 2.33. The minimum absolute atomic E-state index is 0.191. The van der Waals surface area contributed by atoms with Crippen molar-refractivity contribution in [2.45, 2.75) is 12.2 Å². The number of aromatic nitrogens is 2. The van der Waals surface area contributed by atoms with Crippen molar-refractivity contribution >= 4 is 18.6 Å². The van der Waals surface area contributed by atoms with Gasteiger partial charge in [0.1, 0.15) is 6.10 Å². The van der Waals surface area contributed by atoms with E-state index >= 15 is 0 Å². The van der Waals surface area contributed by atoms with Crippen LogP contribution in [0.3, 0.4) is 0 Å². The Balaban J connectivity index is 2.79. The fourth-order valence-corrected chi connectivity index (χ4v) is 1.24. The van der Waals surface area contributed by atoms with Gasteiger partial charge in [-0.2, -0.15) is 12.6 Å². The van der Waals surface area contributed by atoms with Gasteiger partial charge in [0.05, 0.1) is 6.10 Å². The average molecular weight is 229 g/mol. The summed E-state index contributed by atoms with van der Waals surface area (Å²) in [7, 11) is 3.65. The van der Waals surface area contributed by atoms with E-state index in [1.165, 1.54) is 12.4 Å². The minimum atomic E-state index is -0.987. The maximum atomic E-state index is 9.63. The van der Waals surface area contributed by atoms with Crippen molar-refractivity contribution in [3.8, 4) is 0 Å². The molecule has 0 spiro atoms. The maximum Gasteiger partial charge on any atom is 0.224 e. The van der Waals surface area contributed by atoms with Crippen LogP contribution in [-0.4, -0.2) is 46.1 Å². The summed E-state index contributed by atoms with van der Waals surface area (Å²) in [6, 6.07) is 0. The van der Waals surface area contributed by atoms with Gasteiger partial charge in [-0.15, -0.1) is 0 Å². The van der Waals surface area contributed by atoms with E-state index in [4.69, 9.17) is 0 Å². The summed E-state index contributed by atoms with van der Waals surface area (Å²) in [6.07, 6.45) is 1.11. The fraction of sp³-hybridized carbons (Fsp3) is 0.556. The van der Waals surface area contributed by atoms with Crippen LogP contribution in [0.5, 0.6) is 0 Å². The number of hydrogen-bond donors (Lipinski definition) is 3. The Kier molecular flexibility index (Phi) is 4.31. The van der Waals surface area contributed by atoms with E-state index in [0.29, 0.717) is 11.5 Å². The molecule has 1 rings (SSSR count). The Morgan fingerprint density at radius 3 is 2.27 bits per heavy atom. The van der Waals surface area contributed by atoms with E-state index < -0.39 is 12.2 Å². The average Bonchev–Trinajstić information content (AvgIpc) is 2.27. The van der Waals surface area contributed by atoms with E-state index in [2.05, 4.69) is 22.6 Å². The summed E-state index contributed by atoms with van der Waals surface area (Å²) < 4.78 is 0. The van der Waals surface area contributed by atoms with Gasteiger partial charge in [-0.05, 0) is 0 Å². The van der Waals surface area contributed by atoms with Gasteiger partial charge >= 0.3 is 0 Å². The summed E-state index contributed by atoms with van der Waals surface area (Å²) in [5, 5.41) is 19.0. The lowest BCUT2D eigenvalue weighted by atomic mass is 10.1. The number of nitrogens with zero attached hydrogens (tertiary/aromatic N) is 3. The highest BCUT2D eigenvalue weighted by Gasteiger charge is 2.17. The molecule has 2 N–H and O–H groups in total. The molecule has 1 aromatic rings. The van der Waals surface area contributed by atoms with E-state index in [1.807, 2.05) is 14.1 Å². The van der Waals surface area contributed by atoms with Crippen LogP contribution >= 0.6 is 12.6 Å². The van der Waals surface area contributed by atoms with E-state index in [9.17, 15) is 10.2 Å². The summed E-state index contributed by atoms with van der Waals surface area (Å²) in [6.45, 7) is 0. The second-order valence-electron chi connectivity index (χ2n) is 3.41. The van der Waals surface area contributed by atoms with Crippen molar-refractivity contribution < 1.29 is 10.2 Å². The number of rotatable bonds is 4. The van der Waals surface area contributed by atoms with Gasteiger partial charge in [-0.3, -0.25) is 0 Å². The van der Waals surface area contributed by atoms with Crippen molar-refractivity contribution in [1.82, 2.24) is 9.97 Å². The van der Waals surface area contributed by atoms with E-state index in [-0.39, 0.29) is 5.75 Å². The summed E-state index contributed by atoms with van der Waals surface area (Å²) >= 11 is 3.90. The van der Waals surface area contributed by atoms with E-state index in [1.54, 1.807) is 4.90 Å². The van der Waals surface area contributed by atoms with Crippen molar-refractivity contribution in [2.24, 2.45) is 0 Å². The molecule has 0 aliphatic heterocycles. The number of anilines is 1. The van der Waals surface area contributed by atoms with Crippen molar-refractivity contribution in [3.63, 3.8) is 0 Å². The Bertz CT molecular complexity index is 305. The molecule has 0 saturated carbocycles. The second kappa shape index (κ2) is 5.29. The maximum absolute atomic E-state index is 9.63. The first-order chi connectivity index (χ1) is 7.06. The molecule has 5 nitrogen and oxygen atoms in total. The molecule has 84 valence electrons. The topological polar surface area (TPSA) is 69.5 Å². The minimum Gasteiger partial charge on any atom is -0.389 e. The summed E-state index contributed by atoms with van der Waals surface area (Å²) in [5.74, 6) is 0.752. The second-order valence-corrected chi connectivity index (χ2v) is 3.77. The number of hydrogen-bond acceptors (Lipinski definition) is 6. The van der Waals surface area contributed by atoms with Gasteiger partial charge < -0.3 is 15.1 Å². The molecule has 0 radical (unpaired) electrons. The lowest BCUT2D eigenvalue weighted by molar-refractivity contribution is 0.0333. The summed E-state index contributed by atoms with van der Waals surface area (Å²) in [4.78, 5) is 9.82. The quantitative estimate of drug-likeness (QED) is 0.627. The molecule has 1 heterocycles. The van der Waals surface area contributed by atoms with Gasteiger partial charge in [0.15, 0.2) is 0 Å². The molecule has 0 bridgehead atoms. The van der Waals surface area contributed by atoms with Crippen LogP contribution in [0.2, 0.25) is 0 Å². The van der Waals surface area contributed by atoms with Crippen LogP contribution in [0.4, 0.5) is 5.95 Å². The van der Waals surface area contributed by atoms with Crippen LogP contribution in [0.25, 0.3) is 0 Å². The van der Waals surface area contributed by atoms with Crippen LogP contribution in [0, 0.1) is 0 Å². The Morgan fingerprint density at radius 1 is 1.33 bits per heavy atom. The first kappa shape index (κ1) is 12.2.